The molecule has 1 aromatic carbocycles. The zero-order valence-electron chi connectivity index (χ0n) is 16.6. The predicted molar refractivity (Wildman–Crippen MR) is 117 cm³/mol. The van der Waals surface area contributed by atoms with Crippen molar-refractivity contribution in [3.8, 4) is 11.4 Å². The van der Waals surface area contributed by atoms with Crippen molar-refractivity contribution in [1.29, 1.82) is 0 Å². The van der Waals surface area contributed by atoms with E-state index in [1.807, 2.05) is 30.4 Å². The van der Waals surface area contributed by atoms with E-state index in [9.17, 15) is 5.11 Å². The summed E-state index contributed by atoms with van der Waals surface area (Å²) in [5.74, 6) is 1.42. The monoisotopic (exact) mass is 411 g/mol. The Labute approximate surface area is 175 Å². The minimum absolute atomic E-state index is 0.518. The SMILES string of the molecule is CC(C)(O)C/C=C/c1nc(-c2cccc3[nH]ncc23)nc(N2CCOCC2)c1S. The maximum absolute atomic E-state index is 10.0. The number of benzene rings is 1. The van der Waals surface area contributed by atoms with E-state index in [0.29, 0.717) is 25.5 Å². The molecule has 8 heteroatoms. The number of fused-ring (bicyclic) bond motifs is 1. The van der Waals surface area contributed by atoms with Crippen molar-refractivity contribution < 1.29 is 9.84 Å². The Morgan fingerprint density at radius 2 is 2.07 bits per heavy atom. The summed E-state index contributed by atoms with van der Waals surface area (Å²) in [5, 5.41) is 18.1. The number of rotatable bonds is 5. The third-order valence-corrected chi connectivity index (χ3v) is 5.25. The topological polar surface area (TPSA) is 87.2 Å². The summed E-state index contributed by atoms with van der Waals surface area (Å²) in [4.78, 5) is 12.6. The third-order valence-electron chi connectivity index (χ3n) is 4.82. The van der Waals surface area contributed by atoms with E-state index in [1.54, 1.807) is 20.0 Å². The third kappa shape index (κ3) is 4.44. The van der Waals surface area contributed by atoms with Gasteiger partial charge in [0.25, 0.3) is 0 Å². The van der Waals surface area contributed by atoms with Gasteiger partial charge in [0.15, 0.2) is 5.82 Å². The average Bonchev–Trinajstić information content (AvgIpc) is 3.18. The van der Waals surface area contributed by atoms with Gasteiger partial charge in [-0.1, -0.05) is 18.2 Å². The molecule has 0 radical (unpaired) electrons. The molecular weight excluding hydrogens is 386 g/mol. The van der Waals surface area contributed by atoms with Crippen LogP contribution in [-0.2, 0) is 4.74 Å². The van der Waals surface area contributed by atoms with Crippen molar-refractivity contribution in [2.24, 2.45) is 0 Å². The summed E-state index contributed by atoms with van der Waals surface area (Å²) in [5.41, 5.74) is 1.80. The van der Waals surface area contributed by atoms with Crippen LogP contribution in [0.1, 0.15) is 26.0 Å². The lowest BCUT2D eigenvalue weighted by molar-refractivity contribution is 0.0841. The quantitative estimate of drug-likeness (QED) is 0.559. The number of H-pyrrole nitrogens is 1. The molecule has 1 saturated heterocycles. The number of aliphatic hydroxyl groups is 1. The van der Waals surface area contributed by atoms with E-state index in [1.165, 1.54) is 0 Å². The smallest absolute Gasteiger partial charge is 0.162 e. The highest BCUT2D eigenvalue weighted by atomic mass is 32.1. The number of aromatic amines is 1. The zero-order chi connectivity index (χ0) is 20.4. The van der Waals surface area contributed by atoms with Crippen molar-refractivity contribution >= 4 is 35.4 Å². The van der Waals surface area contributed by atoms with Crippen molar-refractivity contribution in [1.82, 2.24) is 20.2 Å². The van der Waals surface area contributed by atoms with E-state index in [-0.39, 0.29) is 0 Å². The predicted octanol–water partition coefficient (Wildman–Crippen LogP) is 3.32. The first-order valence-corrected chi connectivity index (χ1v) is 10.1. The summed E-state index contributed by atoms with van der Waals surface area (Å²) in [6.45, 7) is 6.40. The molecule has 152 valence electrons. The normalized spacial score (nSPS) is 15.5. The molecule has 2 N–H and O–H groups in total. The van der Waals surface area contributed by atoms with Gasteiger partial charge in [-0.3, -0.25) is 5.10 Å². The standard InChI is InChI=1S/C21H25N5O2S/c1-21(2,27)8-4-7-17-18(29)20(26-9-11-28-12-10-26)24-19(23-17)14-5-3-6-16-15(14)13-22-25-16/h3-7,13,27,29H,8-12H2,1-2H3,(H,22,25)/b7-4+. The van der Waals surface area contributed by atoms with Crippen molar-refractivity contribution in [3.05, 3.63) is 36.2 Å². The fraction of sp³-hybridized carbons (Fsp3) is 0.381. The second-order valence-electron chi connectivity index (χ2n) is 7.76. The minimum atomic E-state index is -0.779. The lowest BCUT2D eigenvalue weighted by Crippen LogP contribution is -2.37. The summed E-state index contributed by atoms with van der Waals surface area (Å²) >= 11 is 4.75. The maximum atomic E-state index is 10.0. The highest BCUT2D eigenvalue weighted by molar-refractivity contribution is 7.80. The Kier molecular flexibility index (Phi) is 5.58. The van der Waals surface area contributed by atoms with Gasteiger partial charge in [0.05, 0.1) is 41.1 Å². The number of hydrogen-bond donors (Lipinski definition) is 3. The summed E-state index contributed by atoms with van der Waals surface area (Å²) in [6.07, 6.45) is 6.14. The van der Waals surface area contributed by atoms with E-state index in [0.717, 1.165) is 46.0 Å². The van der Waals surface area contributed by atoms with E-state index < -0.39 is 5.60 Å². The van der Waals surface area contributed by atoms with Crippen LogP contribution in [0, 0.1) is 0 Å². The molecule has 3 heterocycles. The van der Waals surface area contributed by atoms with Gasteiger partial charge in [-0.15, -0.1) is 12.6 Å². The number of nitrogens with zero attached hydrogens (tertiary/aromatic N) is 4. The van der Waals surface area contributed by atoms with Gasteiger partial charge < -0.3 is 14.7 Å². The molecule has 3 aromatic rings. The van der Waals surface area contributed by atoms with E-state index >= 15 is 0 Å². The number of nitrogens with one attached hydrogen (secondary N) is 1. The first-order chi connectivity index (χ1) is 13.9. The Balaban J connectivity index is 1.82. The van der Waals surface area contributed by atoms with Crippen LogP contribution >= 0.6 is 12.6 Å². The highest BCUT2D eigenvalue weighted by Crippen LogP contribution is 2.32. The van der Waals surface area contributed by atoms with Gasteiger partial charge >= 0.3 is 0 Å². The van der Waals surface area contributed by atoms with Crippen LogP contribution in [0.15, 0.2) is 35.4 Å². The second-order valence-corrected chi connectivity index (χ2v) is 8.21. The number of ether oxygens (including phenoxy) is 1. The van der Waals surface area contributed by atoms with Crippen molar-refractivity contribution in [3.63, 3.8) is 0 Å². The first-order valence-electron chi connectivity index (χ1n) is 9.67. The molecule has 1 aliphatic heterocycles. The lowest BCUT2D eigenvalue weighted by Gasteiger charge is -2.29. The van der Waals surface area contributed by atoms with Crippen LogP contribution in [0.3, 0.4) is 0 Å². The van der Waals surface area contributed by atoms with Gasteiger partial charge in [-0.25, -0.2) is 9.97 Å². The number of aromatic nitrogens is 4. The Bertz CT molecular complexity index is 1040. The van der Waals surface area contributed by atoms with Gasteiger partial charge in [0, 0.05) is 24.0 Å². The molecule has 0 aliphatic carbocycles. The van der Waals surface area contributed by atoms with E-state index in [2.05, 4.69) is 15.1 Å². The maximum Gasteiger partial charge on any atom is 0.162 e. The summed E-state index contributed by atoms with van der Waals surface area (Å²) in [6, 6.07) is 5.94. The molecule has 1 aliphatic rings. The molecule has 1 fully saturated rings. The molecule has 29 heavy (non-hydrogen) atoms. The molecule has 0 amide bonds. The minimum Gasteiger partial charge on any atom is -0.390 e. The molecule has 0 bridgehead atoms. The molecule has 0 atom stereocenters. The highest BCUT2D eigenvalue weighted by Gasteiger charge is 2.20. The Morgan fingerprint density at radius 1 is 1.28 bits per heavy atom. The first kappa shape index (κ1) is 19.9. The largest absolute Gasteiger partial charge is 0.390 e. The Morgan fingerprint density at radius 3 is 2.83 bits per heavy atom. The number of hydrogen-bond acceptors (Lipinski definition) is 7. The summed E-state index contributed by atoms with van der Waals surface area (Å²) in [7, 11) is 0. The molecule has 0 unspecified atom stereocenters. The lowest BCUT2D eigenvalue weighted by atomic mass is 10.1. The Hall–Kier alpha value is -2.42. The second kappa shape index (κ2) is 8.14. The van der Waals surface area contributed by atoms with Gasteiger partial charge in [-0.05, 0) is 32.4 Å². The molecule has 0 spiro atoms. The van der Waals surface area contributed by atoms with Gasteiger partial charge in [0.1, 0.15) is 5.82 Å². The van der Waals surface area contributed by atoms with Crippen molar-refractivity contribution in [2.75, 3.05) is 31.2 Å². The summed E-state index contributed by atoms with van der Waals surface area (Å²) < 4.78 is 5.49. The number of anilines is 1. The molecular formula is C21H25N5O2S. The fourth-order valence-electron chi connectivity index (χ4n) is 3.31. The van der Waals surface area contributed by atoms with Crippen LogP contribution in [0.25, 0.3) is 28.4 Å². The van der Waals surface area contributed by atoms with Crippen LogP contribution < -0.4 is 4.90 Å². The van der Waals surface area contributed by atoms with Crippen LogP contribution in [0.2, 0.25) is 0 Å². The van der Waals surface area contributed by atoms with Crippen molar-refractivity contribution in [2.45, 2.75) is 30.8 Å². The number of morpholine rings is 1. The zero-order valence-corrected chi connectivity index (χ0v) is 17.5. The molecule has 2 aromatic heterocycles. The molecule has 0 saturated carbocycles. The molecule has 7 nitrogen and oxygen atoms in total. The van der Waals surface area contributed by atoms with Crippen LogP contribution in [0.4, 0.5) is 5.82 Å². The number of thiol groups is 1. The fourth-order valence-corrected chi connectivity index (χ4v) is 3.63. The molecule has 4 rings (SSSR count). The van der Waals surface area contributed by atoms with Gasteiger partial charge in [-0.2, -0.15) is 5.10 Å². The van der Waals surface area contributed by atoms with E-state index in [4.69, 9.17) is 27.3 Å². The average molecular weight is 412 g/mol. The van der Waals surface area contributed by atoms with Crippen LogP contribution in [0.5, 0.6) is 0 Å². The van der Waals surface area contributed by atoms with Crippen LogP contribution in [-0.4, -0.2) is 57.2 Å². The van der Waals surface area contributed by atoms with Gasteiger partial charge in [0.2, 0.25) is 0 Å².